The van der Waals surface area contributed by atoms with Crippen molar-refractivity contribution in [3.05, 3.63) is 46.3 Å². The standard InChI is InChI=1S/C19H28N4O/c1-19(2,3)16-9-10-18(24)23(12-11-16)17(14-21-22-20)13-15-7-5-4-6-8-15/h4-8,16-17H,9-14H2,1-3H3/t16-,17-/m0/s1. The Hall–Kier alpha value is -2.00. The second kappa shape index (κ2) is 8.20. The molecule has 130 valence electrons. The number of rotatable bonds is 5. The molecule has 1 aromatic carbocycles. The molecule has 1 aromatic rings. The number of benzene rings is 1. The van der Waals surface area contributed by atoms with Gasteiger partial charge >= 0.3 is 0 Å². The molecule has 0 N–H and O–H groups in total. The molecule has 5 heteroatoms. The highest BCUT2D eigenvalue weighted by molar-refractivity contribution is 5.76. The molecular weight excluding hydrogens is 300 g/mol. The van der Waals surface area contributed by atoms with Crippen molar-refractivity contribution in [2.45, 2.75) is 52.5 Å². The minimum atomic E-state index is -0.0606. The van der Waals surface area contributed by atoms with Gasteiger partial charge < -0.3 is 4.90 Å². The van der Waals surface area contributed by atoms with Crippen molar-refractivity contribution in [1.29, 1.82) is 0 Å². The normalized spacial score (nSPS) is 20.2. The van der Waals surface area contributed by atoms with Gasteiger partial charge in [-0.2, -0.15) is 0 Å². The molecule has 2 atom stereocenters. The zero-order valence-corrected chi connectivity index (χ0v) is 15.0. The van der Waals surface area contributed by atoms with E-state index in [1.165, 1.54) is 5.56 Å². The molecule has 1 fully saturated rings. The maximum atomic E-state index is 12.7. The van der Waals surface area contributed by atoms with Crippen molar-refractivity contribution in [2.75, 3.05) is 13.1 Å². The summed E-state index contributed by atoms with van der Waals surface area (Å²) < 4.78 is 0. The van der Waals surface area contributed by atoms with E-state index < -0.39 is 0 Å². The Morgan fingerprint density at radius 1 is 1.29 bits per heavy atom. The number of hydrogen-bond acceptors (Lipinski definition) is 2. The van der Waals surface area contributed by atoms with Crippen LogP contribution in [0.4, 0.5) is 0 Å². The smallest absolute Gasteiger partial charge is 0.222 e. The van der Waals surface area contributed by atoms with Crippen LogP contribution in [0.2, 0.25) is 0 Å². The maximum Gasteiger partial charge on any atom is 0.222 e. The minimum Gasteiger partial charge on any atom is -0.339 e. The van der Waals surface area contributed by atoms with Crippen LogP contribution in [0.5, 0.6) is 0 Å². The highest BCUT2D eigenvalue weighted by Gasteiger charge is 2.32. The number of amides is 1. The van der Waals surface area contributed by atoms with Gasteiger partial charge in [-0.15, -0.1) is 0 Å². The summed E-state index contributed by atoms with van der Waals surface area (Å²) in [5.41, 5.74) is 10.1. The van der Waals surface area contributed by atoms with Gasteiger partial charge in [0.2, 0.25) is 5.91 Å². The predicted octanol–water partition coefficient (Wildman–Crippen LogP) is 4.58. The summed E-state index contributed by atoms with van der Waals surface area (Å²) in [7, 11) is 0. The molecule has 0 bridgehead atoms. The monoisotopic (exact) mass is 328 g/mol. The second-order valence-corrected chi connectivity index (χ2v) is 7.73. The molecule has 0 unspecified atom stereocenters. The van der Waals surface area contributed by atoms with E-state index in [4.69, 9.17) is 5.53 Å². The molecule has 0 spiro atoms. The number of hydrogen-bond donors (Lipinski definition) is 0. The number of carbonyl (C=O) groups excluding carboxylic acids is 1. The Morgan fingerprint density at radius 3 is 2.62 bits per heavy atom. The third-order valence-corrected chi connectivity index (χ3v) is 5.08. The summed E-state index contributed by atoms with van der Waals surface area (Å²) in [6, 6.07) is 10.0. The third kappa shape index (κ3) is 5.00. The summed E-state index contributed by atoms with van der Waals surface area (Å²) in [6.45, 7) is 7.83. The van der Waals surface area contributed by atoms with Crippen LogP contribution < -0.4 is 0 Å². The van der Waals surface area contributed by atoms with Crippen LogP contribution in [0.25, 0.3) is 10.4 Å². The summed E-state index contributed by atoms with van der Waals surface area (Å²) in [5.74, 6) is 0.735. The van der Waals surface area contributed by atoms with E-state index in [0.717, 1.165) is 25.8 Å². The van der Waals surface area contributed by atoms with Gasteiger partial charge in [-0.3, -0.25) is 4.79 Å². The molecule has 1 aliphatic rings. The third-order valence-electron chi connectivity index (χ3n) is 5.08. The van der Waals surface area contributed by atoms with Crippen molar-refractivity contribution < 1.29 is 4.79 Å². The van der Waals surface area contributed by atoms with Gasteiger partial charge in [0.1, 0.15) is 0 Å². The quantitative estimate of drug-likeness (QED) is 0.443. The zero-order chi connectivity index (χ0) is 17.6. The van der Waals surface area contributed by atoms with E-state index in [-0.39, 0.29) is 17.4 Å². The van der Waals surface area contributed by atoms with Crippen LogP contribution in [-0.4, -0.2) is 29.9 Å². The summed E-state index contributed by atoms with van der Waals surface area (Å²) in [6.07, 6.45) is 3.27. The Labute approximate surface area is 144 Å². The Balaban J connectivity index is 2.15. The van der Waals surface area contributed by atoms with E-state index in [1.807, 2.05) is 23.1 Å². The fraction of sp³-hybridized carbons (Fsp3) is 0.632. The Morgan fingerprint density at radius 2 is 2.00 bits per heavy atom. The minimum absolute atomic E-state index is 0.0606. The van der Waals surface area contributed by atoms with Crippen molar-refractivity contribution in [2.24, 2.45) is 16.4 Å². The molecule has 1 heterocycles. The molecule has 1 amide bonds. The fourth-order valence-corrected chi connectivity index (χ4v) is 3.55. The van der Waals surface area contributed by atoms with Gasteiger partial charge in [-0.1, -0.05) is 56.2 Å². The average molecular weight is 328 g/mol. The lowest BCUT2D eigenvalue weighted by atomic mass is 9.76. The molecule has 0 aliphatic carbocycles. The fourth-order valence-electron chi connectivity index (χ4n) is 3.55. The highest BCUT2D eigenvalue weighted by atomic mass is 16.2. The van der Waals surface area contributed by atoms with E-state index in [0.29, 0.717) is 18.9 Å². The molecule has 5 nitrogen and oxygen atoms in total. The highest BCUT2D eigenvalue weighted by Crippen LogP contribution is 2.35. The Kier molecular flexibility index (Phi) is 6.27. The average Bonchev–Trinajstić information content (AvgIpc) is 2.74. The SMILES string of the molecule is CC(C)(C)[C@H]1CCC(=O)N([C@H](CN=[N+]=[N-])Cc2ccccc2)CC1. The van der Waals surface area contributed by atoms with E-state index in [2.05, 4.69) is 42.9 Å². The van der Waals surface area contributed by atoms with Gasteiger partial charge in [0.25, 0.3) is 0 Å². The van der Waals surface area contributed by atoms with E-state index in [9.17, 15) is 4.79 Å². The largest absolute Gasteiger partial charge is 0.339 e. The van der Waals surface area contributed by atoms with Crippen molar-refractivity contribution in [3.8, 4) is 0 Å². The molecular formula is C19H28N4O. The van der Waals surface area contributed by atoms with E-state index in [1.54, 1.807) is 0 Å². The first-order chi connectivity index (χ1) is 11.4. The number of carbonyl (C=O) groups is 1. The van der Waals surface area contributed by atoms with E-state index >= 15 is 0 Å². The van der Waals surface area contributed by atoms with Crippen LogP contribution in [0, 0.1) is 11.3 Å². The van der Waals surface area contributed by atoms with Crippen molar-refractivity contribution in [3.63, 3.8) is 0 Å². The summed E-state index contributed by atoms with van der Waals surface area (Å²) in [5, 5.41) is 3.76. The molecule has 0 saturated carbocycles. The molecule has 1 aliphatic heterocycles. The first kappa shape index (κ1) is 18.3. The van der Waals surface area contributed by atoms with Crippen LogP contribution >= 0.6 is 0 Å². The predicted molar refractivity (Wildman–Crippen MR) is 96.5 cm³/mol. The van der Waals surface area contributed by atoms with Gasteiger partial charge in [0, 0.05) is 30.5 Å². The molecule has 0 radical (unpaired) electrons. The van der Waals surface area contributed by atoms with Crippen LogP contribution in [0.15, 0.2) is 35.4 Å². The first-order valence-electron chi connectivity index (χ1n) is 8.76. The van der Waals surface area contributed by atoms with Gasteiger partial charge in [-0.25, -0.2) is 0 Å². The number of likely N-dealkylation sites (tertiary alicyclic amines) is 1. The molecule has 2 rings (SSSR count). The summed E-state index contributed by atoms with van der Waals surface area (Å²) >= 11 is 0. The zero-order valence-electron chi connectivity index (χ0n) is 15.0. The second-order valence-electron chi connectivity index (χ2n) is 7.73. The van der Waals surface area contributed by atoms with Crippen molar-refractivity contribution in [1.82, 2.24) is 4.90 Å². The van der Waals surface area contributed by atoms with Gasteiger partial charge in [-0.05, 0) is 41.7 Å². The molecule has 1 saturated heterocycles. The van der Waals surface area contributed by atoms with Crippen LogP contribution in [-0.2, 0) is 11.2 Å². The van der Waals surface area contributed by atoms with Crippen LogP contribution in [0.1, 0.15) is 45.6 Å². The van der Waals surface area contributed by atoms with Gasteiger partial charge in [0.15, 0.2) is 0 Å². The lowest BCUT2D eigenvalue weighted by Crippen LogP contribution is -2.43. The maximum absolute atomic E-state index is 12.7. The van der Waals surface area contributed by atoms with Crippen LogP contribution in [0.3, 0.4) is 0 Å². The number of azide groups is 1. The molecule has 24 heavy (non-hydrogen) atoms. The molecule has 0 aromatic heterocycles. The van der Waals surface area contributed by atoms with Crippen molar-refractivity contribution >= 4 is 5.91 Å². The number of nitrogens with zero attached hydrogens (tertiary/aromatic N) is 4. The first-order valence-corrected chi connectivity index (χ1v) is 8.76. The lowest BCUT2D eigenvalue weighted by Gasteiger charge is -2.32. The summed E-state index contributed by atoms with van der Waals surface area (Å²) in [4.78, 5) is 17.5. The topological polar surface area (TPSA) is 69.1 Å². The van der Waals surface area contributed by atoms with Gasteiger partial charge in [0.05, 0.1) is 0 Å². The Bertz CT molecular complexity index is 587. The lowest BCUT2D eigenvalue weighted by molar-refractivity contribution is -0.132.